The number of thioether (sulfide) groups is 1. The van der Waals surface area contributed by atoms with E-state index in [0.717, 1.165) is 37.0 Å². The third-order valence-corrected chi connectivity index (χ3v) is 8.40. The summed E-state index contributed by atoms with van der Waals surface area (Å²) >= 11 is 1.60. The van der Waals surface area contributed by atoms with Crippen LogP contribution < -0.4 is 10.6 Å². The molecule has 4 aliphatic rings. The van der Waals surface area contributed by atoms with Gasteiger partial charge in [0.05, 0.1) is 17.9 Å². The molecule has 2 bridgehead atoms. The molecule has 1 saturated carbocycles. The first kappa shape index (κ1) is 23.4. The average molecular weight is 484 g/mol. The number of hydrogen-bond donors (Lipinski definition) is 2. The fourth-order valence-corrected chi connectivity index (χ4v) is 6.66. The van der Waals surface area contributed by atoms with Crippen LogP contribution in [0.4, 0.5) is 5.69 Å². The van der Waals surface area contributed by atoms with Gasteiger partial charge in [0.2, 0.25) is 17.7 Å². The molecule has 3 heterocycles. The molecule has 5 rings (SSSR count). The number of fused-ring (bicyclic) bond motifs is 1. The molecule has 2 N–H and O–H groups in total. The van der Waals surface area contributed by atoms with Gasteiger partial charge in [-0.1, -0.05) is 44.4 Å². The smallest absolute Gasteiger partial charge is 0.246 e. The molecular weight excluding hydrogens is 450 g/mol. The van der Waals surface area contributed by atoms with Gasteiger partial charge in [0.1, 0.15) is 11.6 Å². The number of nitrogens with one attached hydrogen (secondary N) is 2. The van der Waals surface area contributed by atoms with Crippen molar-refractivity contribution in [3.8, 4) is 0 Å². The Balaban J connectivity index is 1.41. The summed E-state index contributed by atoms with van der Waals surface area (Å²) in [7, 11) is 0. The molecule has 1 aliphatic carbocycles. The number of likely N-dealkylation sites (tertiary alicyclic amines) is 1. The Labute approximate surface area is 205 Å². The van der Waals surface area contributed by atoms with Crippen molar-refractivity contribution in [2.45, 2.75) is 74.1 Å². The van der Waals surface area contributed by atoms with Crippen molar-refractivity contribution < 1.29 is 19.1 Å². The molecule has 7 nitrogen and oxygen atoms in total. The molecule has 0 radical (unpaired) electrons. The molecule has 182 valence electrons. The highest BCUT2D eigenvalue weighted by Gasteiger charge is 2.72. The van der Waals surface area contributed by atoms with Gasteiger partial charge in [-0.2, -0.15) is 0 Å². The van der Waals surface area contributed by atoms with E-state index in [1.165, 1.54) is 6.42 Å². The monoisotopic (exact) mass is 483 g/mol. The maximum absolute atomic E-state index is 13.7. The van der Waals surface area contributed by atoms with Crippen LogP contribution in [0.1, 0.15) is 45.4 Å². The fraction of sp³-hybridized carbons (Fsp3) is 0.577. The molecule has 34 heavy (non-hydrogen) atoms. The third kappa shape index (κ3) is 3.85. The highest BCUT2D eigenvalue weighted by atomic mass is 32.2. The molecule has 0 aromatic heterocycles. The van der Waals surface area contributed by atoms with Crippen molar-refractivity contribution in [2.75, 3.05) is 18.1 Å². The highest BCUT2D eigenvalue weighted by Crippen LogP contribution is 2.55. The quantitative estimate of drug-likeness (QED) is 0.459. The van der Waals surface area contributed by atoms with Crippen molar-refractivity contribution in [3.63, 3.8) is 0 Å². The topological polar surface area (TPSA) is 87.7 Å². The van der Waals surface area contributed by atoms with Gasteiger partial charge in [-0.05, 0) is 43.7 Å². The van der Waals surface area contributed by atoms with Gasteiger partial charge in [-0.15, -0.1) is 11.8 Å². The van der Waals surface area contributed by atoms with Crippen LogP contribution in [0.2, 0.25) is 0 Å². The Bertz CT molecular complexity index is 1010. The van der Waals surface area contributed by atoms with E-state index in [-0.39, 0.29) is 23.8 Å². The molecule has 1 aromatic rings. The Morgan fingerprint density at radius 3 is 2.74 bits per heavy atom. The van der Waals surface area contributed by atoms with Crippen molar-refractivity contribution in [1.82, 2.24) is 10.2 Å². The molecular formula is C26H33N3O4S. The number of rotatable bonds is 7. The van der Waals surface area contributed by atoms with E-state index in [4.69, 9.17) is 4.74 Å². The lowest BCUT2D eigenvalue weighted by Gasteiger charge is -2.34. The largest absolute Gasteiger partial charge is 0.359 e. The van der Waals surface area contributed by atoms with E-state index in [2.05, 4.69) is 10.6 Å². The van der Waals surface area contributed by atoms with Crippen LogP contribution in [0.3, 0.4) is 0 Å². The van der Waals surface area contributed by atoms with E-state index in [0.29, 0.717) is 12.2 Å². The van der Waals surface area contributed by atoms with Gasteiger partial charge in [0.15, 0.2) is 0 Å². The number of hydrogen-bond acceptors (Lipinski definition) is 5. The minimum atomic E-state index is -1.08. The lowest BCUT2D eigenvalue weighted by molar-refractivity contribution is -0.141. The highest BCUT2D eigenvalue weighted by molar-refractivity contribution is 7.98. The van der Waals surface area contributed by atoms with E-state index >= 15 is 0 Å². The van der Waals surface area contributed by atoms with Crippen molar-refractivity contribution in [3.05, 3.63) is 36.4 Å². The Morgan fingerprint density at radius 2 is 2.00 bits per heavy atom. The maximum atomic E-state index is 13.7. The summed E-state index contributed by atoms with van der Waals surface area (Å²) in [5.74, 6) is -1.91. The fourth-order valence-electron chi connectivity index (χ4n) is 6.20. The summed E-state index contributed by atoms with van der Waals surface area (Å²) < 4.78 is 6.37. The van der Waals surface area contributed by atoms with Crippen LogP contribution in [-0.4, -0.2) is 59.2 Å². The van der Waals surface area contributed by atoms with Crippen molar-refractivity contribution >= 4 is 35.2 Å². The van der Waals surface area contributed by atoms with E-state index in [1.807, 2.05) is 49.6 Å². The van der Waals surface area contributed by atoms with E-state index in [1.54, 1.807) is 16.7 Å². The minimum Gasteiger partial charge on any atom is -0.359 e. The van der Waals surface area contributed by atoms with E-state index < -0.39 is 29.6 Å². The number of ether oxygens (including phenoxy) is 1. The second kappa shape index (κ2) is 9.38. The standard InChI is InChI=1S/C26H33N3O4S/c1-3-14-29-22(24(31)27-16-8-5-4-6-9-16)26-13-12-19(33-26)20(21(26)25(29)32)23(30)28-17-10-7-11-18(15-17)34-2/h7,10-13,15-16,19-22H,3-6,8-9,14H2,1-2H3,(H,27,31)(H,28,30). The Hall–Kier alpha value is -2.32. The Morgan fingerprint density at radius 1 is 1.21 bits per heavy atom. The number of anilines is 1. The van der Waals surface area contributed by atoms with Crippen molar-refractivity contribution in [1.29, 1.82) is 0 Å². The SMILES string of the molecule is CCCN1C(=O)C2C(C(=O)Nc3cccc(SC)c3)C3C=CC2(O3)C1C(=O)NC1CCCCC1. The van der Waals surface area contributed by atoms with Crippen LogP contribution in [0.15, 0.2) is 41.3 Å². The molecule has 1 aromatic carbocycles. The normalized spacial score (nSPS) is 32.2. The average Bonchev–Trinajstić information content (AvgIpc) is 3.48. The summed E-state index contributed by atoms with van der Waals surface area (Å²) in [6, 6.07) is 7.04. The van der Waals surface area contributed by atoms with Crippen molar-refractivity contribution in [2.24, 2.45) is 11.8 Å². The molecule has 3 fully saturated rings. The lowest BCUT2D eigenvalue weighted by atomic mass is 9.74. The second-order valence-corrected chi connectivity index (χ2v) is 10.7. The lowest BCUT2D eigenvalue weighted by Crippen LogP contribution is -2.56. The van der Waals surface area contributed by atoms with Crippen LogP contribution in [0.5, 0.6) is 0 Å². The zero-order valence-electron chi connectivity index (χ0n) is 19.8. The van der Waals surface area contributed by atoms with Crippen LogP contribution in [0, 0.1) is 11.8 Å². The second-order valence-electron chi connectivity index (χ2n) is 9.80. The summed E-state index contributed by atoms with van der Waals surface area (Å²) in [6.07, 6.45) is 11.3. The van der Waals surface area contributed by atoms with Crippen LogP contribution in [0.25, 0.3) is 0 Å². The van der Waals surface area contributed by atoms with Gasteiger partial charge in [-0.25, -0.2) is 0 Å². The molecule has 5 unspecified atom stereocenters. The summed E-state index contributed by atoms with van der Waals surface area (Å²) in [5.41, 5.74) is -0.390. The van der Waals surface area contributed by atoms with Gasteiger partial charge < -0.3 is 20.3 Å². The van der Waals surface area contributed by atoms with E-state index in [9.17, 15) is 14.4 Å². The molecule has 3 amide bonds. The van der Waals surface area contributed by atoms with Crippen LogP contribution in [-0.2, 0) is 19.1 Å². The third-order valence-electron chi connectivity index (χ3n) is 7.68. The van der Waals surface area contributed by atoms with Gasteiger partial charge in [0.25, 0.3) is 0 Å². The first-order valence-corrected chi connectivity index (χ1v) is 13.6. The predicted molar refractivity (Wildman–Crippen MR) is 131 cm³/mol. The molecule has 3 aliphatic heterocycles. The molecule has 8 heteroatoms. The summed E-state index contributed by atoms with van der Waals surface area (Å²) in [5, 5.41) is 6.20. The number of carbonyl (C=O) groups excluding carboxylic acids is 3. The van der Waals surface area contributed by atoms with Crippen LogP contribution >= 0.6 is 11.8 Å². The molecule has 2 saturated heterocycles. The molecule has 1 spiro atoms. The predicted octanol–water partition coefficient (Wildman–Crippen LogP) is 3.36. The first-order valence-electron chi connectivity index (χ1n) is 12.4. The maximum Gasteiger partial charge on any atom is 0.246 e. The summed E-state index contributed by atoms with van der Waals surface area (Å²) in [4.78, 5) is 43.4. The number of nitrogens with zero attached hydrogens (tertiary/aromatic N) is 1. The minimum absolute atomic E-state index is 0.140. The Kier molecular flexibility index (Phi) is 6.46. The first-order chi connectivity index (χ1) is 16.5. The number of benzene rings is 1. The zero-order valence-corrected chi connectivity index (χ0v) is 20.6. The zero-order chi connectivity index (χ0) is 23.9. The number of carbonyl (C=O) groups is 3. The van der Waals surface area contributed by atoms with Gasteiger partial charge in [-0.3, -0.25) is 14.4 Å². The van der Waals surface area contributed by atoms with Gasteiger partial charge >= 0.3 is 0 Å². The van der Waals surface area contributed by atoms with Gasteiger partial charge in [0, 0.05) is 23.2 Å². The number of amides is 3. The summed E-state index contributed by atoms with van der Waals surface area (Å²) in [6.45, 7) is 2.46. The molecule has 5 atom stereocenters.